The van der Waals surface area contributed by atoms with Gasteiger partial charge >= 0.3 is 0 Å². The molecule has 0 bridgehead atoms. The van der Waals surface area contributed by atoms with Crippen molar-refractivity contribution in [3.8, 4) is 5.75 Å². The van der Waals surface area contributed by atoms with Crippen molar-refractivity contribution < 1.29 is 14.3 Å². The number of methoxy groups -OCH3 is 1. The molecule has 0 aliphatic carbocycles. The van der Waals surface area contributed by atoms with Crippen LogP contribution in [0.4, 0.5) is 0 Å². The summed E-state index contributed by atoms with van der Waals surface area (Å²) in [7, 11) is 1.60. The van der Waals surface area contributed by atoms with Crippen molar-refractivity contribution in [3.63, 3.8) is 0 Å². The lowest BCUT2D eigenvalue weighted by atomic mass is 10.0. The Hall–Kier alpha value is -3.02. The van der Waals surface area contributed by atoms with Crippen molar-refractivity contribution in [2.75, 3.05) is 7.11 Å². The van der Waals surface area contributed by atoms with Gasteiger partial charge in [0.05, 0.1) is 13.5 Å². The Labute approximate surface area is 223 Å². The minimum atomic E-state index is -0.723. The highest BCUT2D eigenvalue weighted by Crippen LogP contribution is 2.25. The number of carbonyl (C=O) groups is 2. The number of nitrogens with zero attached hydrogens (tertiary/aromatic N) is 1. The van der Waals surface area contributed by atoms with Crippen LogP contribution in [0.3, 0.4) is 0 Å². The predicted molar refractivity (Wildman–Crippen MR) is 146 cm³/mol. The molecule has 2 amide bonds. The number of hydrogen-bond donors (Lipinski definition) is 1. The molecule has 5 nitrogen and oxygen atoms in total. The first-order chi connectivity index (χ1) is 17.3. The second-order valence-corrected chi connectivity index (χ2v) is 9.65. The normalized spacial score (nSPS) is 12.5. The van der Waals surface area contributed by atoms with E-state index in [1.807, 2.05) is 68.4 Å². The summed E-state index contributed by atoms with van der Waals surface area (Å²) in [4.78, 5) is 29.0. The molecular weight excluding hydrogens is 495 g/mol. The number of halogens is 2. The van der Waals surface area contributed by atoms with Crippen LogP contribution in [0, 0.1) is 0 Å². The zero-order valence-electron chi connectivity index (χ0n) is 20.8. The number of nitrogens with one attached hydrogen (secondary N) is 1. The van der Waals surface area contributed by atoms with Gasteiger partial charge in [-0.1, -0.05) is 78.7 Å². The molecule has 0 heterocycles. The van der Waals surface area contributed by atoms with Crippen molar-refractivity contribution in [1.82, 2.24) is 10.2 Å². The van der Waals surface area contributed by atoms with Gasteiger partial charge in [-0.15, -0.1) is 0 Å². The number of amides is 2. The number of hydrogen-bond acceptors (Lipinski definition) is 3. The quantitative estimate of drug-likeness (QED) is 0.328. The molecule has 0 unspecified atom stereocenters. The predicted octanol–water partition coefficient (Wildman–Crippen LogP) is 6.10. The molecule has 0 aliphatic rings. The van der Waals surface area contributed by atoms with E-state index in [-0.39, 0.29) is 30.8 Å². The van der Waals surface area contributed by atoms with E-state index in [1.165, 1.54) is 0 Å². The molecule has 36 heavy (non-hydrogen) atoms. The van der Waals surface area contributed by atoms with Crippen molar-refractivity contribution in [3.05, 3.63) is 99.5 Å². The van der Waals surface area contributed by atoms with E-state index in [2.05, 4.69) is 5.32 Å². The molecule has 0 saturated heterocycles. The Morgan fingerprint density at radius 3 is 2.28 bits per heavy atom. The van der Waals surface area contributed by atoms with Gasteiger partial charge in [0.1, 0.15) is 11.8 Å². The first-order valence-electron chi connectivity index (χ1n) is 12.0. The molecular formula is C29H32Cl2N2O3. The Balaban J connectivity index is 1.98. The van der Waals surface area contributed by atoms with Gasteiger partial charge in [0.2, 0.25) is 11.8 Å². The van der Waals surface area contributed by atoms with Crippen LogP contribution >= 0.6 is 23.2 Å². The van der Waals surface area contributed by atoms with Crippen LogP contribution in [0.1, 0.15) is 37.0 Å². The summed E-state index contributed by atoms with van der Waals surface area (Å²) in [5.41, 5.74) is 2.51. The fourth-order valence-corrected chi connectivity index (χ4v) is 4.32. The lowest BCUT2D eigenvalue weighted by Gasteiger charge is -2.32. The third-order valence-corrected chi connectivity index (χ3v) is 6.73. The van der Waals surface area contributed by atoms with Crippen molar-refractivity contribution in [1.29, 1.82) is 0 Å². The number of rotatable bonds is 11. The number of benzene rings is 3. The van der Waals surface area contributed by atoms with Gasteiger partial charge in [-0.25, -0.2) is 0 Å². The zero-order chi connectivity index (χ0) is 26.1. The first kappa shape index (κ1) is 27.6. The Bertz CT molecular complexity index is 1150. The van der Waals surface area contributed by atoms with Crippen molar-refractivity contribution >= 4 is 35.0 Å². The highest BCUT2D eigenvalue weighted by molar-refractivity contribution is 6.35. The fourth-order valence-electron chi connectivity index (χ4n) is 3.85. The van der Waals surface area contributed by atoms with E-state index >= 15 is 0 Å². The molecule has 0 fully saturated rings. The monoisotopic (exact) mass is 526 g/mol. The largest absolute Gasteiger partial charge is 0.497 e. The molecule has 0 aromatic heterocycles. The SMILES string of the molecule is CC[C@@H](C)NC(=O)[C@H](Cc1ccccc1)N(Cc1ccc(Cl)cc1Cl)C(=O)Cc1ccc(OC)cc1. The average molecular weight is 527 g/mol. The third kappa shape index (κ3) is 7.74. The smallest absolute Gasteiger partial charge is 0.243 e. The zero-order valence-corrected chi connectivity index (χ0v) is 22.4. The van der Waals surface area contributed by atoms with Gasteiger partial charge in [0.25, 0.3) is 0 Å². The van der Waals surface area contributed by atoms with Crippen LogP contribution in [-0.4, -0.2) is 35.9 Å². The molecule has 7 heteroatoms. The highest BCUT2D eigenvalue weighted by atomic mass is 35.5. The molecule has 0 spiro atoms. The first-order valence-corrected chi connectivity index (χ1v) is 12.8. The highest BCUT2D eigenvalue weighted by Gasteiger charge is 2.31. The maximum atomic E-state index is 13.8. The van der Waals surface area contributed by atoms with Gasteiger partial charge < -0.3 is 15.0 Å². The lowest BCUT2D eigenvalue weighted by molar-refractivity contribution is -0.141. The summed E-state index contributed by atoms with van der Waals surface area (Å²) in [6, 6.07) is 21.5. The van der Waals surface area contributed by atoms with Crippen LogP contribution in [0.5, 0.6) is 5.75 Å². The maximum Gasteiger partial charge on any atom is 0.243 e. The molecule has 3 aromatic rings. The molecule has 190 valence electrons. The molecule has 0 aliphatic heterocycles. The van der Waals surface area contributed by atoms with E-state index < -0.39 is 6.04 Å². The van der Waals surface area contributed by atoms with Gasteiger partial charge in [-0.3, -0.25) is 9.59 Å². The fraction of sp³-hybridized carbons (Fsp3) is 0.310. The van der Waals surface area contributed by atoms with E-state index in [0.29, 0.717) is 22.2 Å². The van der Waals surface area contributed by atoms with E-state index in [1.54, 1.807) is 30.2 Å². The van der Waals surface area contributed by atoms with Crippen molar-refractivity contribution in [2.45, 2.75) is 51.7 Å². The minimum Gasteiger partial charge on any atom is -0.497 e. The second kappa shape index (κ2) is 13.3. The summed E-state index contributed by atoms with van der Waals surface area (Å²) in [6.45, 7) is 4.14. The Morgan fingerprint density at radius 1 is 0.972 bits per heavy atom. The van der Waals surface area contributed by atoms with E-state index in [0.717, 1.165) is 23.1 Å². The summed E-state index contributed by atoms with van der Waals surface area (Å²) in [5.74, 6) is 0.346. The Morgan fingerprint density at radius 2 is 1.67 bits per heavy atom. The van der Waals surface area contributed by atoms with Crippen molar-refractivity contribution in [2.24, 2.45) is 0 Å². The van der Waals surface area contributed by atoms with Gasteiger partial charge in [0.15, 0.2) is 0 Å². The Kier molecular flexibility index (Phi) is 10.2. The van der Waals surface area contributed by atoms with Gasteiger partial charge in [-0.2, -0.15) is 0 Å². The second-order valence-electron chi connectivity index (χ2n) is 8.81. The van der Waals surface area contributed by atoms with Gasteiger partial charge in [0, 0.05) is 29.1 Å². The average Bonchev–Trinajstić information content (AvgIpc) is 2.88. The molecule has 3 rings (SSSR count). The van der Waals surface area contributed by atoms with Gasteiger partial charge in [-0.05, 0) is 54.3 Å². The molecule has 3 aromatic carbocycles. The lowest BCUT2D eigenvalue weighted by Crippen LogP contribution is -2.52. The number of ether oxygens (including phenoxy) is 1. The number of carbonyl (C=O) groups excluding carboxylic acids is 2. The summed E-state index contributed by atoms with van der Waals surface area (Å²) in [6.07, 6.45) is 1.30. The molecule has 1 N–H and O–H groups in total. The molecule has 2 atom stereocenters. The van der Waals surface area contributed by atoms with Crippen LogP contribution in [-0.2, 0) is 29.0 Å². The van der Waals surface area contributed by atoms with Crippen LogP contribution in [0.25, 0.3) is 0 Å². The third-order valence-electron chi connectivity index (χ3n) is 6.14. The minimum absolute atomic E-state index is 0.0200. The van der Waals surface area contributed by atoms with E-state index in [4.69, 9.17) is 27.9 Å². The maximum absolute atomic E-state index is 13.8. The van der Waals surface area contributed by atoms with Crippen LogP contribution in [0.15, 0.2) is 72.8 Å². The van der Waals surface area contributed by atoms with Crippen LogP contribution < -0.4 is 10.1 Å². The standard InChI is InChI=1S/C29H32Cl2N2O3/c1-4-20(2)32-29(35)27(16-21-8-6-5-7-9-21)33(19-23-12-13-24(30)18-26(23)31)28(34)17-22-10-14-25(36-3)15-11-22/h5-15,18,20,27H,4,16-17,19H2,1-3H3,(H,32,35)/t20-,27+/m1/s1. The molecule has 0 radical (unpaired) electrons. The summed E-state index contributed by atoms with van der Waals surface area (Å²) in [5, 5.41) is 4.03. The summed E-state index contributed by atoms with van der Waals surface area (Å²) >= 11 is 12.6. The van der Waals surface area contributed by atoms with E-state index in [9.17, 15) is 9.59 Å². The molecule has 0 saturated carbocycles. The summed E-state index contributed by atoms with van der Waals surface area (Å²) < 4.78 is 5.23. The topological polar surface area (TPSA) is 58.6 Å². The van der Waals surface area contributed by atoms with Crippen LogP contribution in [0.2, 0.25) is 10.0 Å².